The normalized spacial score (nSPS) is 10.1. The lowest BCUT2D eigenvalue weighted by atomic mass is 10.5. The van der Waals surface area contributed by atoms with Crippen molar-refractivity contribution in [1.29, 1.82) is 0 Å². The fourth-order valence-corrected chi connectivity index (χ4v) is 0.855. The molecule has 0 fully saturated rings. The van der Waals surface area contributed by atoms with Gasteiger partial charge in [0.15, 0.2) is 0 Å². The van der Waals surface area contributed by atoms with E-state index in [4.69, 9.17) is 0 Å². The number of nitrogens with zero attached hydrogens (tertiary/aromatic N) is 3. The molecule has 1 rings (SSSR count). The lowest BCUT2D eigenvalue weighted by Crippen LogP contribution is -1.91. The molecular formula is C4H3Br2N3. The van der Waals surface area contributed by atoms with E-state index in [2.05, 4.69) is 47.3 Å². The van der Waals surface area contributed by atoms with Crippen LogP contribution in [0.1, 0.15) is 9.43 Å². The van der Waals surface area contributed by atoms with Crippen LogP contribution in [-0.4, -0.2) is 15.4 Å². The van der Waals surface area contributed by atoms with Gasteiger partial charge in [0.05, 0.1) is 11.9 Å². The molecule has 0 amide bonds. The summed E-state index contributed by atoms with van der Waals surface area (Å²) in [5.41, 5.74) is 0.824. The van der Waals surface area contributed by atoms with Crippen molar-refractivity contribution in [3.05, 3.63) is 18.0 Å². The van der Waals surface area contributed by atoms with E-state index >= 15 is 0 Å². The van der Waals surface area contributed by atoms with Gasteiger partial charge in [0.2, 0.25) is 0 Å². The Morgan fingerprint density at radius 1 is 1.44 bits per heavy atom. The SMILES string of the molecule is BrC(Br)c1ccnnn1. The number of alkyl halides is 2. The summed E-state index contributed by atoms with van der Waals surface area (Å²) in [4.78, 5) is 0. The Morgan fingerprint density at radius 3 is 2.56 bits per heavy atom. The van der Waals surface area contributed by atoms with Gasteiger partial charge in [0.1, 0.15) is 3.74 Å². The average molecular weight is 253 g/mol. The summed E-state index contributed by atoms with van der Waals surface area (Å²) in [5.74, 6) is 0. The lowest BCUT2D eigenvalue weighted by Gasteiger charge is -1.94. The Labute approximate surface area is 69.1 Å². The van der Waals surface area contributed by atoms with E-state index in [0.29, 0.717) is 0 Å². The average Bonchev–Trinajstić information content (AvgIpc) is 1.90. The molecule has 1 aromatic rings. The number of aromatic nitrogens is 3. The minimum atomic E-state index is 0.0699. The van der Waals surface area contributed by atoms with Gasteiger partial charge in [0, 0.05) is 0 Å². The molecule has 0 unspecified atom stereocenters. The van der Waals surface area contributed by atoms with Crippen molar-refractivity contribution in [3.8, 4) is 0 Å². The Balaban J connectivity index is 2.85. The first kappa shape index (κ1) is 7.08. The summed E-state index contributed by atoms with van der Waals surface area (Å²) in [5, 5.41) is 10.7. The summed E-state index contributed by atoms with van der Waals surface area (Å²) >= 11 is 6.54. The third-order valence-electron chi connectivity index (χ3n) is 0.747. The maximum atomic E-state index is 3.72. The Kier molecular flexibility index (Phi) is 2.53. The fraction of sp³-hybridized carbons (Fsp3) is 0.250. The smallest absolute Gasteiger partial charge is 0.114 e. The molecule has 0 aromatic carbocycles. The van der Waals surface area contributed by atoms with Gasteiger partial charge in [-0.15, -0.1) is 10.2 Å². The van der Waals surface area contributed by atoms with Gasteiger partial charge in [-0.2, -0.15) is 0 Å². The van der Waals surface area contributed by atoms with Crippen LogP contribution in [0, 0.1) is 0 Å². The van der Waals surface area contributed by atoms with E-state index in [0.717, 1.165) is 5.69 Å². The largest absolute Gasteiger partial charge is 0.139 e. The van der Waals surface area contributed by atoms with E-state index in [9.17, 15) is 0 Å². The Morgan fingerprint density at radius 2 is 2.22 bits per heavy atom. The monoisotopic (exact) mass is 251 g/mol. The van der Waals surface area contributed by atoms with Gasteiger partial charge < -0.3 is 0 Å². The van der Waals surface area contributed by atoms with Crippen LogP contribution in [0.25, 0.3) is 0 Å². The highest BCUT2D eigenvalue weighted by atomic mass is 79.9. The predicted octanol–water partition coefficient (Wildman–Crippen LogP) is 1.66. The predicted molar refractivity (Wildman–Crippen MR) is 40.4 cm³/mol. The molecule has 48 valence electrons. The zero-order chi connectivity index (χ0) is 6.69. The molecule has 0 aliphatic heterocycles. The maximum Gasteiger partial charge on any atom is 0.114 e. The molecule has 1 aromatic heterocycles. The van der Waals surface area contributed by atoms with E-state index in [1.54, 1.807) is 12.3 Å². The number of hydrogen-bond acceptors (Lipinski definition) is 3. The molecule has 0 saturated carbocycles. The van der Waals surface area contributed by atoms with Crippen LogP contribution in [0.15, 0.2) is 12.3 Å². The second-order valence-corrected chi connectivity index (χ2v) is 4.41. The topological polar surface area (TPSA) is 38.7 Å². The van der Waals surface area contributed by atoms with Crippen molar-refractivity contribution in [1.82, 2.24) is 15.4 Å². The van der Waals surface area contributed by atoms with Gasteiger partial charge >= 0.3 is 0 Å². The zero-order valence-electron chi connectivity index (χ0n) is 4.33. The van der Waals surface area contributed by atoms with E-state index in [1.807, 2.05) is 0 Å². The third-order valence-corrected chi connectivity index (χ3v) is 1.69. The van der Waals surface area contributed by atoms with Crippen LogP contribution in [0.2, 0.25) is 0 Å². The molecule has 0 saturated heterocycles. The molecule has 3 nitrogen and oxygen atoms in total. The van der Waals surface area contributed by atoms with Crippen molar-refractivity contribution in [2.24, 2.45) is 0 Å². The van der Waals surface area contributed by atoms with Crippen molar-refractivity contribution in [2.75, 3.05) is 0 Å². The maximum absolute atomic E-state index is 3.72. The highest BCUT2D eigenvalue weighted by molar-refractivity contribution is 9.24. The molecule has 0 bridgehead atoms. The van der Waals surface area contributed by atoms with Crippen LogP contribution >= 0.6 is 31.9 Å². The highest BCUT2D eigenvalue weighted by Gasteiger charge is 2.01. The van der Waals surface area contributed by atoms with Crippen LogP contribution in [0.5, 0.6) is 0 Å². The standard InChI is InChI=1S/C4H3Br2N3/c5-4(6)3-1-2-7-9-8-3/h1-2,4H. The summed E-state index contributed by atoms with van der Waals surface area (Å²) in [6.07, 6.45) is 1.60. The van der Waals surface area contributed by atoms with Crippen LogP contribution in [0.3, 0.4) is 0 Å². The summed E-state index contributed by atoms with van der Waals surface area (Å²) in [6.45, 7) is 0. The molecule has 5 heteroatoms. The fourth-order valence-electron chi connectivity index (χ4n) is 0.367. The van der Waals surface area contributed by atoms with Crippen molar-refractivity contribution in [3.63, 3.8) is 0 Å². The third kappa shape index (κ3) is 1.98. The van der Waals surface area contributed by atoms with Crippen molar-refractivity contribution >= 4 is 31.9 Å². The van der Waals surface area contributed by atoms with E-state index in [1.165, 1.54) is 0 Å². The minimum absolute atomic E-state index is 0.0699. The van der Waals surface area contributed by atoms with Gasteiger partial charge in [0.25, 0.3) is 0 Å². The molecule has 0 atom stereocenters. The van der Waals surface area contributed by atoms with Crippen molar-refractivity contribution in [2.45, 2.75) is 3.74 Å². The van der Waals surface area contributed by atoms with Crippen LogP contribution < -0.4 is 0 Å². The quantitative estimate of drug-likeness (QED) is 0.714. The van der Waals surface area contributed by atoms with Crippen molar-refractivity contribution < 1.29 is 0 Å². The van der Waals surface area contributed by atoms with Crippen LogP contribution in [-0.2, 0) is 0 Å². The second-order valence-electron chi connectivity index (χ2n) is 1.35. The minimum Gasteiger partial charge on any atom is -0.139 e. The molecule has 1 heterocycles. The molecular weight excluding hydrogens is 250 g/mol. The second kappa shape index (κ2) is 3.22. The van der Waals surface area contributed by atoms with Crippen LogP contribution in [0.4, 0.5) is 0 Å². The molecule has 0 radical (unpaired) electrons. The molecule has 0 aliphatic carbocycles. The number of rotatable bonds is 1. The van der Waals surface area contributed by atoms with Gasteiger partial charge in [-0.1, -0.05) is 31.9 Å². The Hall–Kier alpha value is -0.0300. The highest BCUT2D eigenvalue weighted by Crippen LogP contribution is 2.25. The Bertz CT molecular complexity index is 176. The first-order valence-electron chi connectivity index (χ1n) is 2.23. The van der Waals surface area contributed by atoms with E-state index in [-0.39, 0.29) is 3.74 Å². The molecule has 9 heavy (non-hydrogen) atoms. The summed E-state index contributed by atoms with van der Waals surface area (Å²) in [6, 6.07) is 1.78. The molecule has 0 N–H and O–H groups in total. The van der Waals surface area contributed by atoms with Gasteiger partial charge in [-0.25, -0.2) is 0 Å². The number of halogens is 2. The van der Waals surface area contributed by atoms with Gasteiger partial charge in [-0.05, 0) is 11.3 Å². The van der Waals surface area contributed by atoms with Gasteiger partial charge in [-0.3, -0.25) is 0 Å². The molecule has 0 aliphatic rings. The zero-order valence-corrected chi connectivity index (χ0v) is 7.50. The molecule has 0 spiro atoms. The summed E-state index contributed by atoms with van der Waals surface area (Å²) < 4.78 is 0.0699. The number of hydrogen-bond donors (Lipinski definition) is 0. The summed E-state index contributed by atoms with van der Waals surface area (Å²) in [7, 11) is 0. The first-order valence-corrected chi connectivity index (χ1v) is 4.06. The lowest BCUT2D eigenvalue weighted by molar-refractivity contribution is 0.835. The van der Waals surface area contributed by atoms with E-state index < -0.39 is 0 Å². The first-order chi connectivity index (χ1) is 4.30.